The summed E-state index contributed by atoms with van der Waals surface area (Å²) in [6, 6.07) is 12.8. The standard InChI is InChI=1S/C23H25NO5/c1-15-2-4-16(5-3-15)20-14-29-21-12-18(23(26)27)6-7-19(21)13-24(20)22(25)17-8-10-28-11-9-17/h2-7,12,17,20H,8-11,13-14H2,1H3,(H,26,27). The molecule has 2 aromatic rings. The summed E-state index contributed by atoms with van der Waals surface area (Å²) in [4.78, 5) is 26.7. The molecule has 1 N–H and O–H groups in total. The fourth-order valence-electron chi connectivity index (χ4n) is 3.98. The third-order valence-electron chi connectivity index (χ3n) is 5.74. The number of aromatic carboxylic acids is 1. The molecular weight excluding hydrogens is 370 g/mol. The van der Waals surface area contributed by atoms with E-state index in [-0.39, 0.29) is 30.0 Å². The molecule has 0 saturated carbocycles. The van der Waals surface area contributed by atoms with Crippen LogP contribution in [-0.2, 0) is 16.1 Å². The van der Waals surface area contributed by atoms with Gasteiger partial charge in [0, 0.05) is 24.7 Å². The lowest BCUT2D eigenvalue weighted by Gasteiger charge is -2.34. The fourth-order valence-corrected chi connectivity index (χ4v) is 3.98. The number of rotatable bonds is 3. The van der Waals surface area contributed by atoms with E-state index in [1.807, 2.05) is 36.1 Å². The molecule has 0 radical (unpaired) electrons. The van der Waals surface area contributed by atoms with Crippen LogP contribution in [0.4, 0.5) is 0 Å². The third-order valence-corrected chi connectivity index (χ3v) is 5.74. The van der Waals surface area contributed by atoms with Gasteiger partial charge in [-0.1, -0.05) is 35.9 Å². The molecule has 2 heterocycles. The molecule has 2 aromatic carbocycles. The molecule has 0 aromatic heterocycles. The number of fused-ring (bicyclic) bond motifs is 1. The maximum Gasteiger partial charge on any atom is 0.335 e. The van der Waals surface area contributed by atoms with E-state index in [9.17, 15) is 14.7 Å². The Kier molecular flexibility index (Phi) is 5.53. The summed E-state index contributed by atoms with van der Waals surface area (Å²) >= 11 is 0. The Labute approximate surface area is 170 Å². The second-order valence-electron chi connectivity index (χ2n) is 7.72. The van der Waals surface area contributed by atoms with Crippen LogP contribution >= 0.6 is 0 Å². The molecule has 2 aliphatic rings. The highest BCUT2D eigenvalue weighted by Crippen LogP contribution is 2.34. The highest BCUT2D eigenvalue weighted by atomic mass is 16.5. The van der Waals surface area contributed by atoms with Crippen LogP contribution in [0.2, 0.25) is 0 Å². The predicted molar refractivity (Wildman–Crippen MR) is 107 cm³/mol. The second-order valence-corrected chi connectivity index (χ2v) is 7.72. The minimum absolute atomic E-state index is 0.0588. The van der Waals surface area contributed by atoms with Crippen molar-refractivity contribution in [3.05, 3.63) is 64.7 Å². The van der Waals surface area contributed by atoms with Gasteiger partial charge in [0.1, 0.15) is 12.4 Å². The summed E-state index contributed by atoms with van der Waals surface area (Å²) in [5.41, 5.74) is 3.17. The second kappa shape index (κ2) is 8.25. The number of hydrogen-bond donors (Lipinski definition) is 1. The first kappa shape index (κ1) is 19.5. The Morgan fingerprint density at radius 2 is 1.79 bits per heavy atom. The van der Waals surface area contributed by atoms with E-state index in [1.165, 1.54) is 0 Å². The van der Waals surface area contributed by atoms with Crippen LogP contribution in [0.25, 0.3) is 0 Å². The van der Waals surface area contributed by atoms with Gasteiger partial charge in [-0.15, -0.1) is 0 Å². The number of aryl methyl sites for hydroxylation is 1. The highest BCUT2D eigenvalue weighted by molar-refractivity contribution is 5.88. The fraction of sp³-hybridized carbons (Fsp3) is 0.391. The van der Waals surface area contributed by atoms with Crippen molar-refractivity contribution in [2.24, 2.45) is 5.92 Å². The molecule has 1 atom stereocenters. The van der Waals surface area contributed by atoms with E-state index in [0.717, 1.165) is 29.5 Å². The molecule has 6 heteroatoms. The molecule has 0 spiro atoms. The summed E-state index contributed by atoms with van der Waals surface area (Å²) < 4.78 is 11.4. The van der Waals surface area contributed by atoms with E-state index in [1.54, 1.807) is 18.2 Å². The number of carbonyl (C=O) groups is 2. The lowest BCUT2D eigenvalue weighted by atomic mass is 9.95. The van der Waals surface area contributed by atoms with Crippen molar-refractivity contribution in [1.82, 2.24) is 4.90 Å². The van der Waals surface area contributed by atoms with E-state index < -0.39 is 5.97 Å². The zero-order valence-corrected chi connectivity index (χ0v) is 16.5. The van der Waals surface area contributed by atoms with Gasteiger partial charge in [0.25, 0.3) is 0 Å². The number of benzene rings is 2. The SMILES string of the molecule is Cc1ccc(C2COc3cc(C(=O)O)ccc3CN2C(=O)C2CCOCC2)cc1. The van der Waals surface area contributed by atoms with Gasteiger partial charge in [-0.05, 0) is 37.5 Å². The van der Waals surface area contributed by atoms with Crippen molar-refractivity contribution in [1.29, 1.82) is 0 Å². The zero-order valence-electron chi connectivity index (χ0n) is 16.5. The Morgan fingerprint density at radius 1 is 1.07 bits per heavy atom. The largest absolute Gasteiger partial charge is 0.491 e. The molecule has 0 aliphatic carbocycles. The van der Waals surface area contributed by atoms with Crippen molar-refractivity contribution in [2.45, 2.75) is 32.4 Å². The maximum atomic E-state index is 13.5. The van der Waals surface area contributed by atoms with Crippen LogP contribution in [0.5, 0.6) is 5.75 Å². The van der Waals surface area contributed by atoms with Crippen molar-refractivity contribution >= 4 is 11.9 Å². The average molecular weight is 395 g/mol. The molecule has 1 unspecified atom stereocenters. The average Bonchev–Trinajstić information content (AvgIpc) is 2.93. The Morgan fingerprint density at radius 3 is 2.48 bits per heavy atom. The van der Waals surface area contributed by atoms with Crippen LogP contribution in [0.3, 0.4) is 0 Å². The number of carboxylic acids is 1. The molecule has 1 fully saturated rings. The van der Waals surface area contributed by atoms with Crippen LogP contribution < -0.4 is 4.74 Å². The van der Waals surface area contributed by atoms with Gasteiger partial charge in [0.05, 0.1) is 18.2 Å². The molecule has 0 bridgehead atoms. The lowest BCUT2D eigenvalue weighted by molar-refractivity contribution is -0.142. The van der Waals surface area contributed by atoms with Gasteiger partial charge >= 0.3 is 5.97 Å². The van der Waals surface area contributed by atoms with Crippen molar-refractivity contribution in [3.63, 3.8) is 0 Å². The first-order valence-electron chi connectivity index (χ1n) is 9.97. The van der Waals surface area contributed by atoms with Gasteiger partial charge in [-0.25, -0.2) is 4.79 Å². The maximum absolute atomic E-state index is 13.5. The molecule has 6 nitrogen and oxygen atoms in total. The van der Waals surface area contributed by atoms with E-state index >= 15 is 0 Å². The van der Waals surface area contributed by atoms with Crippen LogP contribution in [0, 0.1) is 12.8 Å². The van der Waals surface area contributed by atoms with E-state index in [2.05, 4.69) is 0 Å². The number of nitrogens with zero attached hydrogens (tertiary/aromatic N) is 1. The molecule has 2 aliphatic heterocycles. The number of carbonyl (C=O) groups excluding carboxylic acids is 1. The molecule has 152 valence electrons. The van der Waals surface area contributed by atoms with Gasteiger partial charge in [0.2, 0.25) is 5.91 Å². The van der Waals surface area contributed by atoms with Gasteiger partial charge < -0.3 is 19.5 Å². The lowest BCUT2D eigenvalue weighted by Crippen LogP contribution is -2.41. The summed E-state index contributed by atoms with van der Waals surface area (Å²) in [6.07, 6.45) is 1.45. The number of amides is 1. The summed E-state index contributed by atoms with van der Waals surface area (Å²) in [5.74, 6) is -0.413. The zero-order chi connectivity index (χ0) is 20.4. The number of carboxylic acid groups (broad SMARTS) is 1. The summed E-state index contributed by atoms with van der Waals surface area (Å²) in [7, 11) is 0. The molecule has 1 saturated heterocycles. The van der Waals surface area contributed by atoms with Crippen LogP contribution in [0.1, 0.15) is 45.9 Å². The van der Waals surface area contributed by atoms with Gasteiger partial charge in [0.15, 0.2) is 0 Å². The van der Waals surface area contributed by atoms with Crippen molar-refractivity contribution in [3.8, 4) is 5.75 Å². The highest BCUT2D eigenvalue weighted by Gasteiger charge is 2.34. The topological polar surface area (TPSA) is 76.1 Å². The van der Waals surface area contributed by atoms with E-state index in [4.69, 9.17) is 9.47 Å². The smallest absolute Gasteiger partial charge is 0.335 e. The van der Waals surface area contributed by atoms with Gasteiger partial charge in [-0.3, -0.25) is 4.79 Å². The van der Waals surface area contributed by atoms with Crippen molar-refractivity contribution in [2.75, 3.05) is 19.8 Å². The minimum Gasteiger partial charge on any atom is -0.491 e. The van der Waals surface area contributed by atoms with Crippen LogP contribution in [-0.4, -0.2) is 41.7 Å². The third kappa shape index (κ3) is 4.12. The minimum atomic E-state index is -0.995. The van der Waals surface area contributed by atoms with E-state index in [0.29, 0.717) is 25.5 Å². The normalized spacial score (nSPS) is 19.8. The Balaban J connectivity index is 1.69. The number of hydrogen-bond acceptors (Lipinski definition) is 4. The van der Waals surface area contributed by atoms with Crippen molar-refractivity contribution < 1.29 is 24.2 Å². The number of ether oxygens (including phenoxy) is 2. The molecule has 4 rings (SSSR count). The molecule has 1 amide bonds. The quantitative estimate of drug-likeness (QED) is 0.860. The first-order valence-corrected chi connectivity index (χ1v) is 9.97. The first-order chi connectivity index (χ1) is 14.0. The molecular formula is C23H25NO5. The van der Waals surface area contributed by atoms with Crippen LogP contribution in [0.15, 0.2) is 42.5 Å². The Hall–Kier alpha value is -2.86. The van der Waals surface area contributed by atoms with Gasteiger partial charge in [-0.2, -0.15) is 0 Å². The summed E-state index contributed by atoms with van der Waals surface area (Å²) in [6.45, 7) is 3.92. The summed E-state index contributed by atoms with van der Waals surface area (Å²) in [5, 5.41) is 9.29. The Bertz CT molecular complexity index is 902. The predicted octanol–water partition coefficient (Wildman–Crippen LogP) is 3.58. The molecule has 29 heavy (non-hydrogen) atoms. The monoisotopic (exact) mass is 395 g/mol.